The Hall–Kier alpha value is -4.70. The summed E-state index contributed by atoms with van der Waals surface area (Å²) in [7, 11) is 0. The molecule has 0 aliphatic rings. The largest absolute Gasteiger partial charge is 0.503 e. The van der Waals surface area contributed by atoms with Crippen LogP contribution in [0.3, 0.4) is 0 Å². The summed E-state index contributed by atoms with van der Waals surface area (Å²) >= 11 is 1.18. The quantitative estimate of drug-likeness (QED) is 0.165. The van der Waals surface area contributed by atoms with Gasteiger partial charge in [-0.3, -0.25) is 19.5 Å². The Balaban J connectivity index is 1.75. The Bertz CT molecular complexity index is 1630. The molecule has 0 amide bonds. The van der Waals surface area contributed by atoms with E-state index < -0.39 is 22.3 Å². The molecular formula is C26H19N3O6S. The van der Waals surface area contributed by atoms with Gasteiger partial charge in [0.2, 0.25) is 11.7 Å². The minimum atomic E-state index is -0.688. The third-order valence-corrected chi connectivity index (χ3v) is 6.50. The number of thiazole rings is 1. The zero-order valence-corrected chi connectivity index (χ0v) is 19.9. The van der Waals surface area contributed by atoms with Crippen LogP contribution in [0.5, 0.6) is 11.6 Å². The number of carbonyl (C=O) groups is 1. The summed E-state index contributed by atoms with van der Waals surface area (Å²) in [5.41, 5.74) is 2.38. The minimum Gasteiger partial charge on any atom is -0.503 e. The van der Waals surface area contributed by atoms with Crippen molar-refractivity contribution in [3.8, 4) is 39.3 Å². The van der Waals surface area contributed by atoms with E-state index >= 15 is 0 Å². The average molecular weight is 502 g/mol. The van der Waals surface area contributed by atoms with Crippen molar-refractivity contribution in [3.63, 3.8) is 0 Å². The van der Waals surface area contributed by atoms with Crippen molar-refractivity contribution in [1.82, 2.24) is 9.55 Å². The maximum Gasteiger partial charge on any atom is 0.270 e. The molecule has 2 N–H and O–H groups in total. The Morgan fingerprint density at radius 2 is 1.81 bits per heavy atom. The standard InChI is InChI=1S/C26H19N3O6S/c1-14-6-9-16(10-7-14)19-13-36-26(27-19)28-22(17-4-3-5-18(12-17)29(33)34)21(24(31)25(28)32)23(30)20-11-8-15(2)35-20/h3-13,31-32H,1-2H3. The number of furan rings is 1. The number of nitrogens with zero attached hydrogens (tertiary/aromatic N) is 3. The Labute approximate surface area is 208 Å². The Kier molecular flexibility index (Phi) is 5.65. The van der Waals surface area contributed by atoms with Gasteiger partial charge < -0.3 is 14.6 Å². The van der Waals surface area contributed by atoms with Gasteiger partial charge >= 0.3 is 0 Å². The molecule has 180 valence electrons. The van der Waals surface area contributed by atoms with Crippen LogP contribution in [0.1, 0.15) is 27.4 Å². The molecule has 5 rings (SSSR count). The first-order valence-corrected chi connectivity index (χ1v) is 11.7. The lowest BCUT2D eigenvalue weighted by Crippen LogP contribution is -2.04. The predicted molar refractivity (Wildman–Crippen MR) is 134 cm³/mol. The monoisotopic (exact) mass is 501 g/mol. The molecule has 5 aromatic rings. The minimum absolute atomic E-state index is 0.0499. The van der Waals surface area contributed by atoms with Gasteiger partial charge in [0, 0.05) is 28.6 Å². The summed E-state index contributed by atoms with van der Waals surface area (Å²) in [5, 5.41) is 35.4. The molecule has 0 saturated carbocycles. The lowest BCUT2D eigenvalue weighted by atomic mass is 10.0. The highest BCUT2D eigenvalue weighted by molar-refractivity contribution is 7.12. The van der Waals surface area contributed by atoms with Crippen molar-refractivity contribution in [1.29, 1.82) is 0 Å². The van der Waals surface area contributed by atoms with Crippen molar-refractivity contribution in [2.75, 3.05) is 0 Å². The van der Waals surface area contributed by atoms with Crippen molar-refractivity contribution in [2.45, 2.75) is 13.8 Å². The summed E-state index contributed by atoms with van der Waals surface area (Å²) < 4.78 is 6.68. The van der Waals surface area contributed by atoms with Crippen molar-refractivity contribution in [2.24, 2.45) is 0 Å². The van der Waals surface area contributed by atoms with Gasteiger partial charge in [0.05, 0.1) is 21.9 Å². The summed E-state index contributed by atoms with van der Waals surface area (Å²) in [5.74, 6) is -1.55. The smallest absolute Gasteiger partial charge is 0.270 e. The third kappa shape index (κ3) is 3.93. The molecule has 10 heteroatoms. The number of aryl methyl sites for hydroxylation is 2. The summed E-state index contributed by atoms with van der Waals surface area (Å²) in [6.45, 7) is 3.64. The van der Waals surface area contributed by atoms with E-state index in [2.05, 4.69) is 4.98 Å². The van der Waals surface area contributed by atoms with Gasteiger partial charge in [-0.15, -0.1) is 11.3 Å². The number of hydrogen-bond donors (Lipinski definition) is 2. The topological polar surface area (TPSA) is 132 Å². The van der Waals surface area contributed by atoms with Crippen LogP contribution in [0.2, 0.25) is 0 Å². The van der Waals surface area contributed by atoms with Gasteiger partial charge in [0.15, 0.2) is 16.6 Å². The van der Waals surface area contributed by atoms with Gasteiger partial charge in [0.25, 0.3) is 5.69 Å². The number of nitro groups is 1. The van der Waals surface area contributed by atoms with Crippen molar-refractivity contribution >= 4 is 22.8 Å². The van der Waals surface area contributed by atoms with Crippen LogP contribution in [0.25, 0.3) is 27.6 Å². The molecule has 3 aromatic heterocycles. The van der Waals surface area contributed by atoms with Crippen LogP contribution < -0.4 is 0 Å². The fourth-order valence-electron chi connectivity index (χ4n) is 3.89. The normalized spacial score (nSPS) is 11.1. The first-order valence-electron chi connectivity index (χ1n) is 10.8. The van der Waals surface area contributed by atoms with Gasteiger partial charge in [0.1, 0.15) is 5.76 Å². The lowest BCUT2D eigenvalue weighted by Gasteiger charge is -2.09. The van der Waals surface area contributed by atoms with E-state index in [0.29, 0.717) is 11.5 Å². The van der Waals surface area contributed by atoms with Crippen LogP contribution in [-0.4, -0.2) is 30.5 Å². The van der Waals surface area contributed by atoms with Crippen molar-refractivity contribution < 1.29 is 24.3 Å². The second-order valence-electron chi connectivity index (χ2n) is 8.16. The van der Waals surface area contributed by atoms with E-state index in [1.54, 1.807) is 24.4 Å². The number of non-ortho nitro benzene ring substituents is 1. The summed E-state index contributed by atoms with van der Waals surface area (Å²) in [4.78, 5) is 28.9. The number of benzene rings is 2. The maximum atomic E-state index is 13.4. The summed E-state index contributed by atoms with van der Waals surface area (Å²) in [6.07, 6.45) is 0. The molecule has 9 nitrogen and oxygen atoms in total. The highest BCUT2D eigenvalue weighted by Crippen LogP contribution is 2.45. The predicted octanol–water partition coefficient (Wildman–Crippen LogP) is 6.03. The highest BCUT2D eigenvalue weighted by Gasteiger charge is 2.32. The van der Waals surface area contributed by atoms with Crippen LogP contribution >= 0.6 is 11.3 Å². The molecular weight excluding hydrogens is 482 g/mol. The number of hydrogen-bond acceptors (Lipinski definition) is 8. The van der Waals surface area contributed by atoms with Crippen LogP contribution in [0, 0.1) is 24.0 Å². The maximum absolute atomic E-state index is 13.4. The molecule has 0 bridgehead atoms. The first kappa shape index (κ1) is 23.1. The fourth-order valence-corrected chi connectivity index (χ4v) is 4.73. The van der Waals surface area contributed by atoms with Crippen LogP contribution in [0.15, 0.2) is 70.5 Å². The Morgan fingerprint density at radius 1 is 1.06 bits per heavy atom. The SMILES string of the molecule is Cc1ccc(-c2csc(-n3c(O)c(O)c(C(=O)c4ccc(C)o4)c3-c3cccc([N+](=O)[O-])c3)n2)cc1. The van der Waals surface area contributed by atoms with E-state index in [9.17, 15) is 25.1 Å². The molecule has 0 spiro atoms. The highest BCUT2D eigenvalue weighted by atomic mass is 32.1. The third-order valence-electron chi connectivity index (χ3n) is 5.67. The van der Waals surface area contributed by atoms with E-state index in [4.69, 9.17) is 4.42 Å². The van der Waals surface area contributed by atoms with Gasteiger partial charge in [-0.2, -0.15) is 0 Å². The van der Waals surface area contributed by atoms with Crippen molar-refractivity contribution in [3.05, 3.63) is 98.8 Å². The van der Waals surface area contributed by atoms with Crippen LogP contribution in [-0.2, 0) is 0 Å². The molecule has 0 fully saturated rings. The second kappa shape index (κ2) is 8.82. The number of carbonyl (C=O) groups excluding carboxylic acids is 1. The van der Waals surface area contributed by atoms with Gasteiger partial charge in [-0.1, -0.05) is 42.0 Å². The van der Waals surface area contributed by atoms with E-state index in [0.717, 1.165) is 11.1 Å². The number of aromatic nitrogens is 2. The lowest BCUT2D eigenvalue weighted by molar-refractivity contribution is -0.384. The van der Waals surface area contributed by atoms with E-state index in [1.165, 1.54) is 40.2 Å². The number of ketones is 1. The average Bonchev–Trinajstić information content (AvgIpc) is 3.58. The molecule has 0 radical (unpaired) electrons. The molecule has 0 unspecified atom stereocenters. The zero-order chi connectivity index (χ0) is 25.6. The van der Waals surface area contributed by atoms with Gasteiger partial charge in [-0.05, 0) is 26.0 Å². The number of nitro benzene ring substituents is 1. The zero-order valence-electron chi connectivity index (χ0n) is 19.1. The Morgan fingerprint density at radius 3 is 2.47 bits per heavy atom. The van der Waals surface area contributed by atoms with Gasteiger partial charge in [-0.25, -0.2) is 4.98 Å². The van der Waals surface area contributed by atoms with E-state index in [1.807, 2.05) is 31.2 Å². The van der Waals surface area contributed by atoms with E-state index in [-0.39, 0.29) is 33.4 Å². The molecule has 36 heavy (non-hydrogen) atoms. The molecule has 2 aromatic carbocycles. The molecule has 0 saturated heterocycles. The summed E-state index contributed by atoms with van der Waals surface area (Å²) in [6, 6.07) is 16.4. The molecule has 3 heterocycles. The van der Waals surface area contributed by atoms with Crippen LogP contribution in [0.4, 0.5) is 5.69 Å². The number of rotatable bonds is 6. The first-order chi connectivity index (χ1) is 17.2. The molecule has 0 aliphatic heterocycles. The number of aromatic hydroxyl groups is 2. The molecule has 0 aliphatic carbocycles. The second-order valence-corrected chi connectivity index (χ2v) is 9.00. The molecule has 0 atom stereocenters. The fraction of sp³-hybridized carbons (Fsp3) is 0.0769.